The number of nitrogens with zero attached hydrogens (tertiary/aromatic N) is 1. The Hall–Kier alpha value is -4.35. The van der Waals surface area contributed by atoms with Gasteiger partial charge in [0.1, 0.15) is 6.04 Å². The molecular formula is C34H40N4O6S. The molecule has 0 bridgehead atoms. The molecule has 0 spiro atoms. The summed E-state index contributed by atoms with van der Waals surface area (Å²) < 4.78 is 4.38. The predicted molar refractivity (Wildman–Crippen MR) is 175 cm³/mol. The van der Waals surface area contributed by atoms with Crippen molar-refractivity contribution in [2.45, 2.75) is 63.6 Å². The number of aryl methyl sites for hydroxylation is 1. The number of thioether (sulfide) groups is 1. The summed E-state index contributed by atoms with van der Waals surface area (Å²) in [4.78, 5) is 53.8. The second kappa shape index (κ2) is 15.1. The first-order valence-electron chi connectivity index (χ1n) is 14.8. The number of urea groups is 1. The van der Waals surface area contributed by atoms with Crippen LogP contribution >= 0.6 is 11.8 Å². The van der Waals surface area contributed by atoms with Gasteiger partial charge in [-0.05, 0) is 75.1 Å². The van der Waals surface area contributed by atoms with Crippen molar-refractivity contribution in [2.24, 2.45) is 0 Å². The second-order valence-corrected chi connectivity index (χ2v) is 13.0. The van der Waals surface area contributed by atoms with E-state index in [2.05, 4.69) is 16.0 Å². The van der Waals surface area contributed by atoms with Crippen LogP contribution in [0, 0.1) is 6.92 Å². The highest BCUT2D eigenvalue weighted by Crippen LogP contribution is 2.40. The summed E-state index contributed by atoms with van der Waals surface area (Å²) in [5, 5.41) is 19.9. The fourth-order valence-electron chi connectivity index (χ4n) is 5.19. The lowest BCUT2D eigenvalue weighted by Crippen LogP contribution is -2.59. The number of nitrogens with one attached hydrogen (secondary N) is 3. The third kappa shape index (κ3) is 8.64. The first-order chi connectivity index (χ1) is 21.5. The summed E-state index contributed by atoms with van der Waals surface area (Å²) in [5.74, 6) is -1.22. The second-order valence-electron chi connectivity index (χ2n) is 11.4. The van der Waals surface area contributed by atoms with Gasteiger partial charge in [0.25, 0.3) is 5.91 Å². The molecule has 0 aliphatic carbocycles. The standard InChI is InChI=1S/C34H40N4O6S/c1-5-44-32(42)24-15-17-26(18-16-24)36-33(43)37-27(19-23-12-7-6-8-13-23)28(39)31(41)38-21-45-34(3,4)29(38)30(40)35-20-25-14-10-9-11-22(25)2/h6-18,27-29,39H,5,19-21H2,1-4H3,(H,35,40)(H2,36,37,43)/t27-,28-,29+/m0/s1. The summed E-state index contributed by atoms with van der Waals surface area (Å²) >= 11 is 1.45. The van der Waals surface area contributed by atoms with Crippen LogP contribution in [0.1, 0.15) is 47.8 Å². The van der Waals surface area contributed by atoms with Crippen molar-refractivity contribution in [2.75, 3.05) is 17.8 Å². The van der Waals surface area contributed by atoms with Gasteiger partial charge in [0.15, 0.2) is 6.10 Å². The van der Waals surface area contributed by atoms with Crippen molar-refractivity contribution < 1.29 is 29.0 Å². The van der Waals surface area contributed by atoms with E-state index in [1.807, 2.05) is 75.4 Å². The number of benzene rings is 3. The van der Waals surface area contributed by atoms with Crippen LogP contribution in [0.5, 0.6) is 0 Å². The monoisotopic (exact) mass is 632 g/mol. The van der Waals surface area contributed by atoms with Gasteiger partial charge in [-0.3, -0.25) is 9.59 Å². The SMILES string of the molecule is CCOC(=O)c1ccc(NC(=O)N[C@@H](Cc2ccccc2)[C@H](O)C(=O)N2CSC(C)(C)[C@H]2C(=O)NCc2ccccc2C)cc1. The molecule has 45 heavy (non-hydrogen) atoms. The van der Waals surface area contributed by atoms with Gasteiger partial charge in [0, 0.05) is 17.0 Å². The molecule has 11 heteroatoms. The summed E-state index contributed by atoms with van der Waals surface area (Å²) in [7, 11) is 0. The molecule has 3 aromatic rings. The summed E-state index contributed by atoms with van der Waals surface area (Å²) in [5.41, 5.74) is 3.57. The Kier molecular flexibility index (Phi) is 11.2. The molecule has 4 amide bonds. The zero-order valence-corrected chi connectivity index (χ0v) is 26.7. The summed E-state index contributed by atoms with van der Waals surface area (Å²) in [6.45, 7) is 8.04. The van der Waals surface area contributed by atoms with Crippen LogP contribution in [-0.4, -0.2) is 69.2 Å². The molecule has 4 N–H and O–H groups in total. The number of esters is 1. The Morgan fingerprint density at radius 2 is 1.67 bits per heavy atom. The maximum absolute atomic E-state index is 13.9. The molecule has 10 nitrogen and oxygen atoms in total. The van der Waals surface area contributed by atoms with Gasteiger partial charge in [-0.1, -0.05) is 54.6 Å². The smallest absolute Gasteiger partial charge is 0.338 e. The molecule has 1 fully saturated rings. The lowest BCUT2D eigenvalue weighted by Gasteiger charge is -2.33. The van der Waals surface area contributed by atoms with E-state index in [0.717, 1.165) is 16.7 Å². The van der Waals surface area contributed by atoms with E-state index in [0.29, 0.717) is 17.8 Å². The maximum Gasteiger partial charge on any atom is 0.338 e. The van der Waals surface area contributed by atoms with E-state index in [1.165, 1.54) is 28.8 Å². The number of amides is 4. The minimum Gasteiger partial charge on any atom is -0.462 e. The minimum absolute atomic E-state index is 0.164. The first kappa shape index (κ1) is 33.5. The van der Waals surface area contributed by atoms with Crippen molar-refractivity contribution in [1.82, 2.24) is 15.5 Å². The van der Waals surface area contributed by atoms with Crippen LogP contribution in [0.15, 0.2) is 78.9 Å². The molecule has 238 valence electrons. The van der Waals surface area contributed by atoms with Crippen LogP contribution < -0.4 is 16.0 Å². The lowest BCUT2D eigenvalue weighted by molar-refractivity contribution is -0.147. The molecule has 1 saturated heterocycles. The van der Waals surface area contributed by atoms with Gasteiger partial charge in [-0.25, -0.2) is 9.59 Å². The van der Waals surface area contributed by atoms with Crippen LogP contribution in [-0.2, 0) is 27.3 Å². The Bertz CT molecular complexity index is 1500. The minimum atomic E-state index is -1.64. The molecule has 0 radical (unpaired) electrons. The Morgan fingerprint density at radius 3 is 2.33 bits per heavy atom. The largest absolute Gasteiger partial charge is 0.462 e. The predicted octanol–water partition coefficient (Wildman–Crippen LogP) is 4.26. The number of rotatable bonds is 11. The van der Waals surface area contributed by atoms with Crippen molar-refractivity contribution >= 4 is 41.3 Å². The molecular weight excluding hydrogens is 592 g/mol. The van der Waals surface area contributed by atoms with Crippen LogP contribution in [0.4, 0.5) is 10.5 Å². The topological polar surface area (TPSA) is 137 Å². The molecule has 0 unspecified atom stereocenters. The maximum atomic E-state index is 13.9. The summed E-state index contributed by atoms with van der Waals surface area (Å²) in [6, 6.07) is 20.6. The fraction of sp³-hybridized carbons (Fsp3) is 0.353. The molecule has 3 aromatic carbocycles. The third-order valence-electron chi connectivity index (χ3n) is 7.69. The van der Waals surface area contributed by atoms with E-state index in [-0.39, 0.29) is 24.8 Å². The Balaban J connectivity index is 1.49. The van der Waals surface area contributed by atoms with E-state index >= 15 is 0 Å². The van der Waals surface area contributed by atoms with Crippen LogP contribution in [0.3, 0.4) is 0 Å². The van der Waals surface area contributed by atoms with Gasteiger partial charge in [0.2, 0.25) is 5.91 Å². The van der Waals surface area contributed by atoms with Crippen molar-refractivity contribution in [3.63, 3.8) is 0 Å². The van der Waals surface area contributed by atoms with E-state index < -0.39 is 40.8 Å². The van der Waals surface area contributed by atoms with Crippen molar-refractivity contribution in [1.29, 1.82) is 0 Å². The third-order valence-corrected chi connectivity index (χ3v) is 9.07. The zero-order chi connectivity index (χ0) is 32.6. The zero-order valence-electron chi connectivity index (χ0n) is 25.9. The Morgan fingerprint density at radius 1 is 1.00 bits per heavy atom. The van der Waals surface area contributed by atoms with E-state index in [4.69, 9.17) is 4.74 Å². The molecule has 4 rings (SSSR count). The van der Waals surface area contributed by atoms with Gasteiger partial charge >= 0.3 is 12.0 Å². The number of carbonyl (C=O) groups excluding carboxylic acids is 4. The highest BCUT2D eigenvalue weighted by Gasteiger charge is 2.49. The molecule has 1 aliphatic heterocycles. The molecule has 1 aliphatic rings. The van der Waals surface area contributed by atoms with Gasteiger partial charge < -0.3 is 30.7 Å². The summed E-state index contributed by atoms with van der Waals surface area (Å²) in [6.07, 6.45) is -1.47. The highest BCUT2D eigenvalue weighted by atomic mass is 32.2. The van der Waals surface area contributed by atoms with Gasteiger partial charge in [-0.15, -0.1) is 11.8 Å². The number of ether oxygens (including phenoxy) is 1. The first-order valence-corrected chi connectivity index (χ1v) is 15.8. The average molecular weight is 633 g/mol. The fourth-order valence-corrected chi connectivity index (χ4v) is 6.33. The Labute approximate surface area is 267 Å². The number of aliphatic hydroxyl groups excluding tert-OH is 1. The number of aliphatic hydroxyl groups is 1. The quantitative estimate of drug-likeness (QED) is 0.232. The van der Waals surface area contributed by atoms with Crippen LogP contribution in [0.25, 0.3) is 0 Å². The van der Waals surface area contributed by atoms with Gasteiger partial charge in [-0.2, -0.15) is 0 Å². The number of hydrogen-bond acceptors (Lipinski definition) is 7. The van der Waals surface area contributed by atoms with Crippen molar-refractivity contribution in [3.8, 4) is 0 Å². The van der Waals surface area contributed by atoms with Crippen LogP contribution in [0.2, 0.25) is 0 Å². The lowest BCUT2D eigenvalue weighted by atomic mass is 9.97. The van der Waals surface area contributed by atoms with Gasteiger partial charge in [0.05, 0.1) is 24.1 Å². The number of carbonyl (C=O) groups is 4. The number of hydrogen-bond donors (Lipinski definition) is 4. The number of anilines is 1. The van der Waals surface area contributed by atoms with E-state index in [9.17, 15) is 24.3 Å². The molecule has 1 heterocycles. The normalized spacial score (nSPS) is 16.7. The molecule has 3 atom stereocenters. The molecule has 0 aromatic heterocycles. The molecule has 0 saturated carbocycles. The van der Waals surface area contributed by atoms with Crippen molar-refractivity contribution in [3.05, 3.63) is 101 Å². The van der Waals surface area contributed by atoms with E-state index in [1.54, 1.807) is 19.1 Å². The average Bonchev–Trinajstić information content (AvgIpc) is 3.35. The highest BCUT2D eigenvalue weighted by molar-refractivity contribution is 8.00.